The second-order valence-electron chi connectivity index (χ2n) is 7.45. The normalized spacial score (nSPS) is 18.5. The highest BCUT2D eigenvalue weighted by Gasteiger charge is 2.37. The second kappa shape index (κ2) is 9.21. The van der Waals surface area contributed by atoms with Crippen LogP contribution in [-0.2, 0) is 6.61 Å². The van der Waals surface area contributed by atoms with Crippen LogP contribution in [0.15, 0.2) is 70.9 Å². The van der Waals surface area contributed by atoms with Crippen molar-refractivity contribution in [3.63, 3.8) is 0 Å². The minimum Gasteiger partial charge on any atom is -0.493 e. The number of ether oxygens (including phenoxy) is 2. The molecule has 0 unspecified atom stereocenters. The first-order chi connectivity index (χ1) is 15.2. The number of amides is 1. The summed E-state index contributed by atoms with van der Waals surface area (Å²) in [5.74, 6) is 1.08. The molecule has 2 aliphatic heterocycles. The van der Waals surface area contributed by atoms with Gasteiger partial charge in [0.2, 0.25) is 0 Å². The van der Waals surface area contributed by atoms with E-state index in [1.807, 2.05) is 55.3 Å². The zero-order valence-electron chi connectivity index (χ0n) is 18.3. The molecule has 2 aromatic rings. The highest BCUT2D eigenvalue weighted by Crippen LogP contribution is 2.42. The van der Waals surface area contributed by atoms with Crippen LogP contribution in [0.2, 0.25) is 0 Å². The van der Waals surface area contributed by atoms with Gasteiger partial charge in [0.15, 0.2) is 11.5 Å². The standard InChI is InChI=1S/C24H22N2O3.C2H6/c1-28-22-12-19-20(13-23(22)29-15-16-7-3-2-4-8-16)25-14-18-11-17-9-5-6-10-21(17)26(18)24(19)27;1-2/h2-4,6-8,10,12-14,18H,5,9,11,15H2,1H3;1-2H3/t18-;/m0./s1. The Balaban J connectivity index is 0.00000112. The number of nitrogens with zero attached hydrogens (tertiary/aromatic N) is 2. The molecule has 5 heteroatoms. The van der Waals surface area contributed by atoms with Crippen LogP contribution in [0.4, 0.5) is 5.69 Å². The number of methoxy groups -OCH3 is 1. The van der Waals surface area contributed by atoms with E-state index >= 15 is 0 Å². The third-order valence-corrected chi connectivity index (χ3v) is 5.65. The van der Waals surface area contributed by atoms with Gasteiger partial charge in [-0.3, -0.25) is 14.7 Å². The van der Waals surface area contributed by atoms with E-state index in [0.29, 0.717) is 29.4 Å². The fourth-order valence-corrected chi connectivity index (χ4v) is 4.19. The van der Waals surface area contributed by atoms with E-state index in [1.54, 1.807) is 19.2 Å². The number of benzene rings is 2. The van der Waals surface area contributed by atoms with E-state index in [1.165, 1.54) is 5.57 Å². The minimum atomic E-state index is -0.0352. The lowest BCUT2D eigenvalue weighted by Gasteiger charge is -2.24. The molecule has 0 spiro atoms. The Morgan fingerprint density at radius 3 is 2.71 bits per heavy atom. The van der Waals surface area contributed by atoms with Crippen molar-refractivity contribution in [1.29, 1.82) is 0 Å². The Bertz CT molecular complexity index is 1050. The largest absolute Gasteiger partial charge is 0.493 e. The van der Waals surface area contributed by atoms with Gasteiger partial charge in [-0.25, -0.2) is 0 Å². The summed E-state index contributed by atoms with van der Waals surface area (Å²) in [5.41, 5.74) is 4.60. The first kappa shape index (κ1) is 20.9. The highest BCUT2D eigenvalue weighted by molar-refractivity contribution is 6.05. The summed E-state index contributed by atoms with van der Waals surface area (Å²) in [6.45, 7) is 4.42. The molecule has 1 aliphatic carbocycles. The smallest absolute Gasteiger partial charge is 0.261 e. The summed E-state index contributed by atoms with van der Waals surface area (Å²) in [4.78, 5) is 19.9. The van der Waals surface area contributed by atoms with E-state index in [9.17, 15) is 4.79 Å². The average molecular weight is 417 g/mol. The average Bonchev–Trinajstić information content (AvgIpc) is 3.15. The van der Waals surface area contributed by atoms with Gasteiger partial charge in [-0.15, -0.1) is 0 Å². The fraction of sp³-hybridized carbons (Fsp3) is 0.308. The van der Waals surface area contributed by atoms with Crippen molar-refractivity contribution in [1.82, 2.24) is 4.90 Å². The fourth-order valence-electron chi connectivity index (χ4n) is 4.19. The molecule has 2 heterocycles. The number of aliphatic imine (C=N–C) groups is 1. The molecule has 0 fully saturated rings. The third kappa shape index (κ3) is 4.00. The zero-order valence-corrected chi connectivity index (χ0v) is 18.3. The van der Waals surface area contributed by atoms with Crippen LogP contribution in [0.3, 0.4) is 0 Å². The van der Waals surface area contributed by atoms with Crippen molar-refractivity contribution in [3.8, 4) is 11.5 Å². The molecule has 1 amide bonds. The van der Waals surface area contributed by atoms with Gasteiger partial charge in [0.1, 0.15) is 6.61 Å². The van der Waals surface area contributed by atoms with E-state index < -0.39 is 0 Å². The molecule has 5 nitrogen and oxygen atoms in total. The van der Waals surface area contributed by atoms with Crippen LogP contribution in [-0.4, -0.2) is 30.2 Å². The van der Waals surface area contributed by atoms with E-state index in [4.69, 9.17) is 9.47 Å². The summed E-state index contributed by atoms with van der Waals surface area (Å²) in [5, 5.41) is 0. The van der Waals surface area contributed by atoms with Crippen LogP contribution >= 0.6 is 0 Å². The van der Waals surface area contributed by atoms with Gasteiger partial charge >= 0.3 is 0 Å². The lowest BCUT2D eigenvalue weighted by atomic mass is 10.0. The quantitative estimate of drug-likeness (QED) is 0.630. The number of allylic oxidation sites excluding steroid dienone is 2. The van der Waals surface area contributed by atoms with Gasteiger partial charge in [0.25, 0.3) is 5.91 Å². The Labute approximate surface area is 183 Å². The van der Waals surface area contributed by atoms with Crippen molar-refractivity contribution in [2.45, 2.75) is 45.8 Å². The number of hydrogen-bond donors (Lipinski definition) is 0. The molecule has 0 N–H and O–H groups in total. The topological polar surface area (TPSA) is 51.1 Å². The van der Waals surface area contributed by atoms with Gasteiger partial charge in [0.05, 0.1) is 24.4 Å². The Morgan fingerprint density at radius 1 is 1.13 bits per heavy atom. The van der Waals surface area contributed by atoms with E-state index in [-0.39, 0.29) is 11.9 Å². The minimum absolute atomic E-state index is 0.0256. The molecule has 160 valence electrons. The predicted molar refractivity (Wildman–Crippen MR) is 123 cm³/mol. The van der Waals surface area contributed by atoms with Crippen LogP contribution in [0.5, 0.6) is 11.5 Å². The first-order valence-corrected chi connectivity index (χ1v) is 10.9. The number of hydrogen-bond acceptors (Lipinski definition) is 4. The Hall–Kier alpha value is -3.34. The Morgan fingerprint density at radius 2 is 1.94 bits per heavy atom. The Kier molecular flexibility index (Phi) is 6.21. The lowest BCUT2D eigenvalue weighted by molar-refractivity contribution is 0.0806. The summed E-state index contributed by atoms with van der Waals surface area (Å²) in [6, 6.07) is 13.5. The molecule has 0 radical (unpaired) electrons. The molecule has 0 bridgehead atoms. The number of rotatable bonds is 4. The van der Waals surface area contributed by atoms with Crippen LogP contribution in [0.25, 0.3) is 0 Å². The molecular formula is C26H28N2O3. The van der Waals surface area contributed by atoms with Crippen molar-refractivity contribution in [2.24, 2.45) is 4.99 Å². The van der Waals surface area contributed by atoms with Crippen molar-refractivity contribution in [3.05, 3.63) is 77.0 Å². The van der Waals surface area contributed by atoms with Crippen LogP contribution < -0.4 is 9.47 Å². The maximum absolute atomic E-state index is 13.4. The van der Waals surface area contributed by atoms with Crippen LogP contribution in [0.1, 0.15) is 49.0 Å². The van der Waals surface area contributed by atoms with Gasteiger partial charge in [-0.05, 0) is 42.5 Å². The van der Waals surface area contributed by atoms with Gasteiger partial charge in [-0.2, -0.15) is 0 Å². The molecular weight excluding hydrogens is 388 g/mol. The molecule has 2 aromatic carbocycles. The van der Waals surface area contributed by atoms with Crippen molar-refractivity contribution in [2.75, 3.05) is 7.11 Å². The molecule has 5 rings (SSSR count). The van der Waals surface area contributed by atoms with Gasteiger partial charge < -0.3 is 9.47 Å². The molecule has 3 aliphatic rings. The SMILES string of the molecule is CC.COc1cc2c(cc1OCc1ccccc1)N=C[C@@H]1CC3=C(C=CCC3)N1C2=O. The molecule has 0 aromatic heterocycles. The molecule has 0 saturated carbocycles. The first-order valence-electron chi connectivity index (χ1n) is 10.9. The third-order valence-electron chi connectivity index (χ3n) is 5.65. The highest BCUT2D eigenvalue weighted by atomic mass is 16.5. The predicted octanol–water partition coefficient (Wildman–Crippen LogP) is 5.83. The molecule has 31 heavy (non-hydrogen) atoms. The summed E-state index contributed by atoms with van der Waals surface area (Å²) >= 11 is 0. The van der Waals surface area contributed by atoms with Gasteiger partial charge in [0, 0.05) is 18.0 Å². The van der Waals surface area contributed by atoms with Gasteiger partial charge in [-0.1, -0.05) is 50.3 Å². The van der Waals surface area contributed by atoms with E-state index in [2.05, 4.69) is 17.1 Å². The van der Waals surface area contributed by atoms with E-state index in [0.717, 1.165) is 30.5 Å². The zero-order chi connectivity index (χ0) is 21.8. The second-order valence-corrected chi connectivity index (χ2v) is 7.45. The lowest BCUT2D eigenvalue weighted by Crippen LogP contribution is -2.35. The van der Waals surface area contributed by atoms with Crippen molar-refractivity contribution >= 4 is 17.8 Å². The molecule has 1 atom stereocenters. The maximum Gasteiger partial charge on any atom is 0.261 e. The molecule has 0 saturated heterocycles. The summed E-state index contributed by atoms with van der Waals surface area (Å²) in [6.07, 6.45) is 9.02. The number of carbonyl (C=O) groups is 1. The maximum atomic E-state index is 13.4. The van der Waals surface area contributed by atoms with Crippen LogP contribution in [0, 0.1) is 0 Å². The summed E-state index contributed by atoms with van der Waals surface area (Å²) in [7, 11) is 1.59. The van der Waals surface area contributed by atoms with Crippen molar-refractivity contribution < 1.29 is 14.3 Å². The summed E-state index contributed by atoms with van der Waals surface area (Å²) < 4.78 is 11.5. The monoisotopic (exact) mass is 416 g/mol. The number of fused-ring (bicyclic) bond motifs is 3. The number of carbonyl (C=O) groups excluding carboxylic acids is 1.